The predicted molar refractivity (Wildman–Crippen MR) is 49.8 cm³/mol. The lowest BCUT2D eigenvalue weighted by Crippen LogP contribution is -2.00. The van der Waals surface area contributed by atoms with Crippen molar-refractivity contribution in [2.24, 2.45) is 0 Å². The highest BCUT2D eigenvalue weighted by atomic mass is 16.5. The molecule has 2 nitrogen and oxygen atoms in total. The van der Waals surface area contributed by atoms with Crippen LogP contribution in [0.25, 0.3) is 0 Å². The van der Waals surface area contributed by atoms with Crippen LogP contribution in [0.2, 0.25) is 0 Å². The molecule has 0 fully saturated rings. The molecule has 0 aromatic rings. The van der Waals surface area contributed by atoms with Crippen LogP contribution in [0.5, 0.6) is 0 Å². The number of allylic oxidation sites excluding steroid dienone is 2. The molecule has 0 saturated heterocycles. The van der Waals surface area contributed by atoms with Gasteiger partial charge in [-0.3, -0.25) is 0 Å². The molecule has 0 aliphatic carbocycles. The normalized spacial score (nSPS) is 11.2. The van der Waals surface area contributed by atoms with Gasteiger partial charge in [0.2, 0.25) is 0 Å². The lowest BCUT2D eigenvalue weighted by Gasteiger charge is -1.96. The van der Waals surface area contributed by atoms with Crippen molar-refractivity contribution in [2.45, 2.75) is 26.7 Å². The summed E-state index contributed by atoms with van der Waals surface area (Å²) < 4.78 is 4.85. The van der Waals surface area contributed by atoms with E-state index in [1.54, 1.807) is 13.0 Å². The first-order valence-corrected chi connectivity index (χ1v) is 4.25. The van der Waals surface area contributed by atoms with E-state index in [4.69, 9.17) is 4.74 Å². The molecule has 0 unspecified atom stereocenters. The molecule has 0 amide bonds. The van der Waals surface area contributed by atoms with Gasteiger partial charge in [0.1, 0.15) is 0 Å². The fourth-order valence-corrected chi connectivity index (χ4v) is 0.696. The van der Waals surface area contributed by atoms with E-state index in [2.05, 4.69) is 13.0 Å². The van der Waals surface area contributed by atoms with Gasteiger partial charge in [0, 0.05) is 6.08 Å². The number of esters is 1. The molecule has 0 aliphatic heterocycles. The zero-order chi connectivity index (χ0) is 9.23. The first-order chi connectivity index (χ1) is 5.81. The summed E-state index contributed by atoms with van der Waals surface area (Å²) in [4.78, 5) is 10.7. The predicted octanol–water partition coefficient (Wildman–Crippen LogP) is 2.46. The lowest BCUT2D eigenvalue weighted by molar-refractivity contribution is -0.137. The molecule has 0 bridgehead atoms. The fourth-order valence-electron chi connectivity index (χ4n) is 0.696. The van der Waals surface area contributed by atoms with Crippen molar-refractivity contribution < 1.29 is 9.53 Å². The summed E-state index contributed by atoms with van der Waals surface area (Å²) in [7, 11) is 0. The van der Waals surface area contributed by atoms with Crippen LogP contribution in [0, 0.1) is 0 Å². The van der Waals surface area contributed by atoms with Crippen LogP contribution in [0.1, 0.15) is 26.7 Å². The molecule has 0 aromatic carbocycles. The highest BCUT2D eigenvalue weighted by Gasteiger charge is 1.92. The monoisotopic (exact) mass is 168 g/mol. The lowest BCUT2D eigenvalue weighted by atomic mass is 10.3. The van der Waals surface area contributed by atoms with Crippen molar-refractivity contribution in [3.05, 3.63) is 24.3 Å². The summed E-state index contributed by atoms with van der Waals surface area (Å²) in [6.45, 7) is 4.33. The second-order valence-corrected chi connectivity index (χ2v) is 2.34. The Hall–Kier alpha value is -1.05. The number of hydrogen-bond donors (Lipinski definition) is 0. The molecule has 68 valence electrons. The Balaban J connectivity index is 3.31. The number of rotatable bonds is 5. The summed E-state index contributed by atoms with van der Waals surface area (Å²) in [5.41, 5.74) is 0. The van der Waals surface area contributed by atoms with Gasteiger partial charge in [-0.25, -0.2) is 4.79 Å². The average Bonchev–Trinajstić information content (AvgIpc) is 2.05. The third-order valence-electron chi connectivity index (χ3n) is 1.23. The number of carbonyl (C=O) groups excluding carboxylic acids is 1. The van der Waals surface area contributed by atoms with E-state index in [0.29, 0.717) is 6.61 Å². The molecule has 0 saturated carbocycles. The molecule has 0 N–H and O–H groups in total. The van der Waals surface area contributed by atoms with Crippen LogP contribution >= 0.6 is 0 Å². The van der Waals surface area contributed by atoms with Gasteiger partial charge in [-0.15, -0.1) is 0 Å². The first kappa shape index (κ1) is 11.0. The van der Waals surface area contributed by atoms with Crippen LogP contribution in [0.4, 0.5) is 0 Å². The molecular formula is C10H16O2. The Kier molecular flexibility index (Phi) is 7.35. The highest BCUT2D eigenvalue weighted by molar-refractivity contribution is 5.81. The molecule has 0 aromatic heterocycles. The summed E-state index contributed by atoms with van der Waals surface area (Å²) in [5.74, 6) is -0.262. The number of ether oxygens (including phenoxy) is 1. The summed E-state index contributed by atoms with van der Waals surface area (Å²) in [6, 6.07) is 0. The molecule has 0 radical (unpaired) electrons. The largest absolute Gasteiger partial charge is 0.462 e. The molecule has 0 atom stereocenters. The van der Waals surface area contributed by atoms with E-state index >= 15 is 0 Å². The highest BCUT2D eigenvalue weighted by Crippen LogP contribution is 1.89. The molecule has 0 spiro atoms. The second kappa shape index (κ2) is 8.05. The smallest absolute Gasteiger partial charge is 0.330 e. The van der Waals surface area contributed by atoms with E-state index in [1.165, 1.54) is 6.08 Å². The third-order valence-corrected chi connectivity index (χ3v) is 1.23. The van der Waals surface area contributed by atoms with Gasteiger partial charge < -0.3 is 4.74 Å². The maximum atomic E-state index is 10.7. The van der Waals surface area contributed by atoms with Crippen LogP contribution < -0.4 is 0 Å². The molecule has 0 aliphatic rings. The Morgan fingerprint density at radius 3 is 2.75 bits per heavy atom. The average molecular weight is 168 g/mol. The Bertz CT molecular complexity index is 169. The van der Waals surface area contributed by atoms with Crippen molar-refractivity contribution in [1.29, 1.82) is 0 Å². The standard InChI is InChI=1S/C10H16O2/c1-3-5-6-7-9-12-10(11)8-4-2/h4-6,8H,3,7,9H2,1-2H3/b6-5-,8-4+. The van der Waals surface area contributed by atoms with Gasteiger partial charge in [0.25, 0.3) is 0 Å². The Morgan fingerprint density at radius 1 is 1.42 bits per heavy atom. The SMILES string of the molecule is C/C=C/C(=O)OCC/C=C\CC. The molecule has 0 heterocycles. The fraction of sp³-hybridized carbons (Fsp3) is 0.500. The van der Waals surface area contributed by atoms with E-state index in [-0.39, 0.29) is 5.97 Å². The van der Waals surface area contributed by atoms with Crippen molar-refractivity contribution in [2.75, 3.05) is 6.61 Å². The van der Waals surface area contributed by atoms with E-state index in [1.807, 2.05) is 6.08 Å². The van der Waals surface area contributed by atoms with Gasteiger partial charge >= 0.3 is 5.97 Å². The van der Waals surface area contributed by atoms with E-state index in [0.717, 1.165) is 12.8 Å². The van der Waals surface area contributed by atoms with Crippen molar-refractivity contribution in [3.8, 4) is 0 Å². The molecule has 0 rings (SSSR count). The van der Waals surface area contributed by atoms with Crippen LogP contribution in [-0.2, 0) is 9.53 Å². The van der Waals surface area contributed by atoms with Gasteiger partial charge in [-0.2, -0.15) is 0 Å². The Labute approximate surface area is 73.9 Å². The first-order valence-electron chi connectivity index (χ1n) is 4.25. The van der Waals surface area contributed by atoms with Crippen LogP contribution in [0.3, 0.4) is 0 Å². The zero-order valence-electron chi connectivity index (χ0n) is 7.75. The number of hydrogen-bond acceptors (Lipinski definition) is 2. The second-order valence-electron chi connectivity index (χ2n) is 2.34. The number of carbonyl (C=O) groups is 1. The van der Waals surface area contributed by atoms with Crippen LogP contribution in [0.15, 0.2) is 24.3 Å². The van der Waals surface area contributed by atoms with Gasteiger partial charge in [-0.1, -0.05) is 25.2 Å². The maximum Gasteiger partial charge on any atom is 0.330 e. The molecular weight excluding hydrogens is 152 g/mol. The molecule has 2 heteroatoms. The van der Waals surface area contributed by atoms with E-state index in [9.17, 15) is 4.79 Å². The third kappa shape index (κ3) is 7.06. The minimum atomic E-state index is -0.262. The quantitative estimate of drug-likeness (QED) is 0.273. The van der Waals surface area contributed by atoms with Gasteiger partial charge in [-0.05, 0) is 19.8 Å². The summed E-state index contributed by atoms with van der Waals surface area (Å²) >= 11 is 0. The van der Waals surface area contributed by atoms with Crippen molar-refractivity contribution >= 4 is 5.97 Å². The molecule has 12 heavy (non-hydrogen) atoms. The maximum absolute atomic E-state index is 10.7. The van der Waals surface area contributed by atoms with Gasteiger partial charge in [0.15, 0.2) is 0 Å². The summed E-state index contributed by atoms with van der Waals surface area (Å²) in [5, 5.41) is 0. The van der Waals surface area contributed by atoms with Gasteiger partial charge in [0.05, 0.1) is 6.61 Å². The van der Waals surface area contributed by atoms with Crippen molar-refractivity contribution in [3.63, 3.8) is 0 Å². The Morgan fingerprint density at radius 2 is 2.17 bits per heavy atom. The summed E-state index contributed by atoms with van der Waals surface area (Å²) in [6.07, 6.45) is 9.00. The zero-order valence-corrected chi connectivity index (χ0v) is 7.75. The minimum absolute atomic E-state index is 0.262. The topological polar surface area (TPSA) is 26.3 Å². The van der Waals surface area contributed by atoms with Crippen molar-refractivity contribution in [1.82, 2.24) is 0 Å². The minimum Gasteiger partial charge on any atom is -0.462 e. The van der Waals surface area contributed by atoms with E-state index < -0.39 is 0 Å². The van der Waals surface area contributed by atoms with Crippen LogP contribution in [-0.4, -0.2) is 12.6 Å².